The van der Waals surface area contributed by atoms with Gasteiger partial charge in [-0.2, -0.15) is 0 Å². The molecule has 0 aromatic heterocycles. The summed E-state index contributed by atoms with van der Waals surface area (Å²) in [5.74, 6) is 1.22. The molecule has 4 unspecified atom stereocenters. The number of carboxylic acids is 1. The molecule has 0 bridgehead atoms. The predicted molar refractivity (Wildman–Crippen MR) is 121 cm³/mol. The van der Waals surface area contributed by atoms with E-state index in [0.29, 0.717) is 30.1 Å². The number of aliphatic carboxylic acids is 1. The van der Waals surface area contributed by atoms with Gasteiger partial charge in [-0.15, -0.1) is 0 Å². The first-order chi connectivity index (χ1) is 14.4. The Balaban J connectivity index is 1.68. The van der Waals surface area contributed by atoms with Gasteiger partial charge in [0, 0.05) is 18.8 Å². The van der Waals surface area contributed by atoms with Gasteiger partial charge >= 0.3 is 11.9 Å². The van der Waals surface area contributed by atoms with Crippen molar-refractivity contribution in [2.24, 2.45) is 39.9 Å². The van der Waals surface area contributed by atoms with Crippen molar-refractivity contribution in [3.63, 3.8) is 0 Å². The number of hydrogen-bond acceptors (Lipinski definition) is 3. The van der Waals surface area contributed by atoms with Gasteiger partial charge in [0.2, 0.25) is 0 Å². The monoisotopic (exact) mass is 430 g/mol. The van der Waals surface area contributed by atoms with Crippen LogP contribution in [0.15, 0.2) is 12.2 Å². The Hall–Kier alpha value is -1.32. The van der Waals surface area contributed by atoms with Crippen molar-refractivity contribution < 1.29 is 19.4 Å². The summed E-state index contributed by atoms with van der Waals surface area (Å²) in [6.45, 7) is 16.0. The summed E-state index contributed by atoms with van der Waals surface area (Å²) < 4.78 is 5.93. The quantitative estimate of drug-likeness (QED) is 0.405. The van der Waals surface area contributed by atoms with Crippen LogP contribution >= 0.6 is 0 Å². The fourth-order valence-electron chi connectivity index (χ4n) is 9.35. The molecule has 0 amide bonds. The highest BCUT2D eigenvalue weighted by Gasteiger charge is 2.68. The number of carbonyl (C=O) groups excluding carboxylic acids is 1. The van der Waals surface area contributed by atoms with Gasteiger partial charge in [0.25, 0.3) is 0 Å². The van der Waals surface area contributed by atoms with Crippen molar-refractivity contribution in [1.82, 2.24) is 0 Å². The summed E-state index contributed by atoms with van der Waals surface area (Å²) >= 11 is 0. The van der Waals surface area contributed by atoms with E-state index in [-0.39, 0.29) is 34.2 Å². The zero-order valence-electron chi connectivity index (χ0n) is 20.3. The third-order valence-corrected chi connectivity index (χ3v) is 11.1. The summed E-state index contributed by atoms with van der Waals surface area (Å²) in [6.07, 6.45) is 9.34. The molecule has 1 saturated heterocycles. The molecule has 0 spiro atoms. The lowest BCUT2D eigenvalue weighted by Gasteiger charge is -2.66. The van der Waals surface area contributed by atoms with Crippen molar-refractivity contribution in [1.29, 1.82) is 0 Å². The maximum atomic E-state index is 12.0. The fraction of sp³-hybridized carbons (Fsp3) is 0.852. The lowest BCUT2D eigenvalue weighted by atomic mass is 9.38. The standard InChI is InChI=1S/C27H42O4/c1-17(2)18-9-15-26(5)21(24(18,3)13-11-22(28)29)8-7-19-20(10-14-25(19,26)4)27(6)16-12-23(30)31-27/h18-21H,1,7-16H2,2-6H3,(H,28,29)/t18?,19?,20?,21?,24-,25+,26+,27-/m0/s1. The predicted octanol–water partition coefficient (Wildman–Crippen LogP) is 6.39. The lowest BCUT2D eigenvalue weighted by molar-refractivity contribution is -0.181. The molecule has 1 aliphatic heterocycles. The second-order valence-corrected chi connectivity index (χ2v) is 12.3. The molecular weight excluding hydrogens is 388 g/mol. The van der Waals surface area contributed by atoms with Gasteiger partial charge in [0.15, 0.2) is 0 Å². The molecule has 3 saturated carbocycles. The Labute approximate surface area is 188 Å². The summed E-state index contributed by atoms with van der Waals surface area (Å²) in [4.78, 5) is 23.5. The molecule has 0 aromatic rings. The van der Waals surface area contributed by atoms with E-state index >= 15 is 0 Å². The number of carbonyl (C=O) groups is 2. The SMILES string of the molecule is C=C(C)C1CC[C@]2(C)C(CCC3C([C@]4(C)CCC(=O)O4)CC[C@]32C)[C@@]1(C)CCC(=O)O. The smallest absolute Gasteiger partial charge is 0.306 e. The van der Waals surface area contributed by atoms with Crippen LogP contribution in [0.5, 0.6) is 0 Å². The Morgan fingerprint density at radius 2 is 1.71 bits per heavy atom. The Bertz CT molecular complexity index is 788. The maximum Gasteiger partial charge on any atom is 0.306 e. The van der Waals surface area contributed by atoms with Crippen molar-refractivity contribution in [3.8, 4) is 0 Å². The van der Waals surface area contributed by atoms with E-state index in [2.05, 4.69) is 41.2 Å². The molecule has 1 N–H and O–H groups in total. The number of hydrogen-bond donors (Lipinski definition) is 1. The number of ether oxygens (including phenoxy) is 1. The van der Waals surface area contributed by atoms with Gasteiger partial charge in [-0.3, -0.25) is 9.59 Å². The second kappa shape index (κ2) is 7.35. The minimum Gasteiger partial charge on any atom is -0.481 e. The van der Waals surface area contributed by atoms with Crippen molar-refractivity contribution in [2.45, 2.75) is 104 Å². The molecule has 4 fully saturated rings. The van der Waals surface area contributed by atoms with E-state index in [1.54, 1.807) is 0 Å². The van der Waals surface area contributed by atoms with Crippen LogP contribution in [-0.2, 0) is 14.3 Å². The molecular formula is C27H42O4. The number of fused-ring (bicyclic) bond motifs is 3. The average Bonchev–Trinajstić information content (AvgIpc) is 3.21. The third-order valence-electron chi connectivity index (χ3n) is 11.1. The third kappa shape index (κ3) is 3.22. The Morgan fingerprint density at radius 1 is 1.03 bits per heavy atom. The molecule has 174 valence electrons. The molecule has 4 heteroatoms. The van der Waals surface area contributed by atoms with Crippen molar-refractivity contribution >= 4 is 11.9 Å². The topological polar surface area (TPSA) is 63.6 Å². The molecule has 4 aliphatic rings. The molecule has 8 atom stereocenters. The molecule has 0 radical (unpaired) electrons. The normalized spacial score (nSPS) is 49.3. The lowest BCUT2D eigenvalue weighted by Crippen LogP contribution is -2.60. The van der Waals surface area contributed by atoms with E-state index in [1.807, 2.05) is 0 Å². The minimum atomic E-state index is -0.689. The average molecular weight is 431 g/mol. The van der Waals surface area contributed by atoms with Gasteiger partial charge in [-0.05, 0) is 99.2 Å². The van der Waals surface area contributed by atoms with Crippen molar-refractivity contribution in [3.05, 3.63) is 12.2 Å². The van der Waals surface area contributed by atoms with Crippen LogP contribution in [0.3, 0.4) is 0 Å². The van der Waals surface area contributed by atoms with Crippen LogP contribution in [-0.4, -0.2) is 22.6 Å². The summed E-state index contributed by atoms with van der Waals surface area (Å²) in [5, 5.41) is 9.49. The molecule has 31 heavy (non-hydrogen) atoms. The summed E-state index contributed by atoms with van der Waals surface area (Å²) in [6, 6.07) is 0. The van der Waals surface area contributed by atoms with E-state index in [9.17, 15) is 14.7 Å². The summed E-state index contributed by atoms with van der Waals surface area (Å²) in [5.41, 5.74) is 1.29. The highest BCUT2D eigenvalue weighted by molar-refractivity contribution is 5.72. The summed E-state index contributed by atoms with van der Waals surface area (Å²) in [7, 11) is 0. The molecule has 3 aliphatic carbocycles. The number of rotatable bonds is 5. The van der Waals surface area contributed by atoms with Gasteiger partial charge in [-0.25, -0.2) is 0 Å². The number of esters is 1. The van der Waals surface area contributed by atoms with Gasteiger partial charge in [-0.1, -0.05) is 32.9 Å². The van der Waals surface area contributed by atoms with Gasteiger partial charge in [0.1, 0.15) is 5.60 Å². The molecule has 4 rings (SSSR count). The fourth-order valence-corrected chi connectivity index (χ4v) is 9.35. The Morgan fingerprint density at radius 3 is 2.29 bits per heavy atom. The van der Waals surface area contributed by atoms with Crippen LogP contribution in [0.25, 0.3) is 0 Å². The highest BCUT2D eigenvalue weighted by Crippen LogP contribution is 2.74. The first-order valence-corrected chi connectivity index (χ1v) is 12.5. The molecule has 1 heterocycles. The van der Waals surface area contributed by atoms with E-state index in [0.717, 1.165) is 32.1 Å². The van der Waals surface area contributed by atoms with E-state index in [4.69, 9.17) is 4.74 Å². The second-order valence-electron chi connectivity index (χ2n) is 12.3. The van der Waals surface area contributed by atoms with Crippen LogP contribution in [0.2, 0.25) is 0 Å². The zero-order chi connectivity index (χ0) is 22.8. The molecule has 4 nitrogen and oxygen atoms in total. The molecule has 0 aromatic carbocycles. The van der Waals surface area contributed by atoms with Crippen LogP contribution in [0.1, 0.15) is 98.8 Å². The number of allylic oxidation sites excluding steroid dienone is 1. The van der Waals surface area contributed by atoms with E-state index < -0.39 is 5.97 Å². The van der Waals surface area contributed by atoms with Crippen LogP contribution in [0.4, 0.5) is 0 Å². The number of carboxylic acid groups (broad SMARTS) is 1. The van der Waals surface area contributed by atoms with Gasteiger partial charge < -0.3 is 9.84 Å². The maximum absolute atomic E-state index is 12.0. The van der Waals surface area contributed by atoms with E-state index in [1.165, 1.54) is 24.8 Å². The van der Waals surface area contributed by atoms with Gasteiger partial charge in [0.05, 0.1) is 0 Å². The van der Waals surface area contributed by atoms with Crippen LogP contribution < -0.4 is 0 Å². The first kappa shape index (κ1) is 22.9. The Kier molecular flexibility index (Phi) is 5.42. The van der Waals surface area contributed by atoms with Crippen molar-refractivity contribution in [2.75, 3.05) is 0 Å². The highest BCUT2D eigenvalue weighted by atomic mass is 16.6. The van der Waals surface area contributed by atoms with Crippen LogP contribution in [0, 0.1) is 39.9 Å². The number of cyclic esters (lactones) is 1. The first-order valence-electron chi connectivity index (χ1n) is 12.5. The minimum absolute atomic E-state index is 0.0208. The largest absolute Gasteiger partial charge is 0.481 e. The zero-order valence-corrected chi connectivity index (χ0v) is 20.3.